The van der Waals surface area contributed by atoms with Crippen LogP contribution in [0.4, 0.5) is 0 Å². The van der Waals surface area contributed by atoms with Crippen molar-refractivity contribution in [3.63, 3.8) is 0 Å². The van der Waals surface area contributed by atoms with Gasteiger partial charge in [-0.3, -0.25) is 0 Å². The van der Waals surface area contributed by atoms with Crippen LogP contribution in [0.1, 0.15) is 17.7 Å². The third-order valence-corrected chi connectivity index (χ3v) is 4.02. The molecule has 0 unspecified atom stereocenters. The fourth-order valence-electron chi connectivity index (χ4n) is 2.26. The van der Waals surface area contributed by atoms with Gasteiger partial charge in [0.1, 0.15) is 12.3 Å². The maximum absolute atomic E-state index is 9.10. The lowest BCUT2D eigenvalue weighted by molar-refractivity contribution is -0.159. The van der Waals surface area contributed by atoms with Crippen molar-refractivity contribution in [1.29, 1.82) is 0 Å². The minimum Gasteiger partial charge on any atom is -0.473 e. The van der Waals surface area contributed by atoms with Crippen LogP contribution in [0.5, 0.6) is 5.88 Å². The molecule has 2 N–H and O–H groups in total. The first-order valence-corrected chi connectivity index (χ1v) is 8.54. The van der Waals surface area contributed by atoms with E-state index in [2.05, 4.69) is 26.8 Å². The van der Waals surface area contributed by atoms with Crippen molar-refractivity contribution < 1.29 is 24.5 Å². The zero-order valence-corrected chi connectivity index (χ0v) is 15.0. The molecule has 1 aliphatic rings. The quantitative estimate of drug-likeness (QED) is 0.778. The zero-order chi connectivity index (χ0) is 18.9. The summed E-state index contributed by atoms with van der Waals surface area (Å²) in [6.45, 7) is 2.54. The molecule has 9 heteroatoms. The van der Waals surface area contributed by atoms with Crippen LogP contribution in [0.25, 0.3) is 5.57 Å². The second-order valence-electron chi connectivity index (χ2n) is 5.56. The lowest BCUT2D eigenvalue weighted by Crippen LogP contribution is -2.25. The van der Waals surface area contributed by atoms with Crippen LogP contribution in [0, 0.1) is 0 Å². The summed E-state index contributed by atoms with van der Waals surface area (Å²) in [5.74, 6) is -2.99. The zero-order valence-electron chi connectivity index (χ0n) is 14.2. The Bertz CT molecular complexity index is 764. The number of carboxylic acid groups (broad SMARTS) is 2. The van der Waals surface area contributed by atoms with Gasteiger partial charge < -0.3 is 19.8 Å². The Morgan fingerprint density at radius 1 is 1.19 bits per heavy atom. The summed E-state index contributed by atoms with van der Waals surface area (Å²) in [6, 6.07) is 10.1. The molecule has 3 rings (SSSR count). The first-order chi connectivity index (χ1) is 12.5. The molecule has 138 valence electrons. The average molecular weight is 377 g/mol. The topological polar surface area (TPSA) is 113 Å². The lowest BCUT2D eigenvalue weighted by atomic mass is 10.1. The minimum atomic E-state index is -1.82. The fraction of sp³-hybridized carbons (Fsp3) is 0.294. The number of ether oxygens (including phenoxy) is 1. The van der Waals surface area contributed by atoms with E-state index >= 15 is 0 Å². The van der Waals surface area contributed by atoms with E-state index in [4.69, 9.17) is 24.5 Å². The molecule has 0 atom stereocenters. The summed E-state index contributed by atoms with van der Waals surface area (Å²) >= 11 is 1.21. The highest BCUT2D eigenvalue weighted by Gasteiger charge is 2.18. The van der Waals surface area contributed by atoms with Crippen LogP contribution in [-0.2, 0) is 16.2 Å². The van der Waals surface area contributed by atoms with Crippen molar-refractivity contribution in [1.82, 2.24) is 13.6 Å². The van der Waals surface area contributed by atoms with E-state index in [0.717, 1.165) is 30.8 Å². The van der Waals surface area contributed by atoms with Crippen molar-refractivity contribution in [3.05, 3.63) is 47.7 Å². The summed E-state index contributed by atoms with van der Waals surface area (Å²) < 4.78 is 14.5. The Labute approximate surface area is 154 Å². The molecule has 0 bridgehead atoms. The van der Waals surface area contributed by atoms with Gasteiger partial charge in [-0.1, -0.05) is 36.4 Å². The molecule has 0 saturated carbocycles. The van der Waals surface area contributed by atoms with Gasteiger partial charge in [-0.15, -0.1) is 4.37 Å². The van der Waals surface area contributed by atoms with Crippen LogP contribution < -0.4 is 4.74 Å². The van der Waals surface area contributed by atoms with Gasteiger partial charge in [0.15, 0.2) is 0 Å². The van der Waals surface area contributed by atoms with E-state index in [0.29, 0.717) is 12.5 Å². The summed E-state index contributed by atoms with van der Waals surface area (Å²) in [7, 11) is 2.12. The van der Waals surface area contributed by atoms with E-state index in [1.807, 2.05) is 30.3 Å². The van der Waals surface area contributed by atoms with E-state index in [9.17, 15) is 0 Å². The van der Waals surface area contributed by atoms with Crippen LogP contribution in [0.2, 0.25) is 0 Å². The second-order valence-corrected chi connectivity index (χ2v) is 6.09. The molecule has 1 aromatic carbocycles. The molecular weight excluding hydrogens is 358 g/mol. The van der Waals surface area contributed by atoms with Crippen LogP contribution in [0.15, 0.2) is 36.4 Å². The maximum Gasteiger partial charge on any atom is 0.414 e. The number of aromatic nitrogens is 2. The first kappa shape index (κ1) is 19.5. The van der Waals surface area contributed by atoms with E-state index < -0.39 is 11.9 Å². The molecule has 0 fully saturated rings. The number of hydrogen-bond donors (Lipinski definition) is 2. The van der Waals surface area contributed by atoms with E-state index in [1.165, 1.54) is 17.3 Å². The minimum absolute atomic E-state index is 0.530. The Hall–Kier alpha value is -2.78. The van der Waals surface area contributed by atoms with Gasteiger partial charge in [0.25, 0.3) is 5.88 Å². The highest BCUT2D eigenvalue weighted by molar-refractivity contribution is 6.99. The Morgan fingerprint density at radius 3 is 2.50 bits per heavy atom. The number of rotatable bonds is 4. The lowest BCUT2D eigenvalue weighted by Gasteiger charge is -2.22. The normalized spacial score (nSPS) is 14.0. The van der Waals surface area contributed by atoms with Gasteiger partial charge in [0.05, 0.1) is 11.7 Å². The molecule has 26 heavy (non-hydrogen) atoms. The van der Waals surface area contributed by atoms with Crippen molar-refractivity contribution in [2.75, 3.05) is 20.1 Å². The van der Waals surface area contributed by atoms with Gasteiger partial charge >= 0.3 is 11.9 Å². The molecule has 1 aliphatic heterocycles. The van der Waals surface area contributed by atoms with Gasteiger partial charge in [-0.05, 0) is 24.6 Å². The first-order valence-electron chi connectivity index (χ1n) is 7.81. The monoisotopic (exact) mass is 377 g/mol. The number of aliphatic carboxylic acids is 2. The molecule has 0 spiro atoms. The summed E-state index contributed by atoms with van der Waals surface area (Å²) in [6.07, 6.45) is 3.30. The highest BCUT2D eigenvalue weighted by Crippen LogP contribution is 2.27. The number of benzene rings is 1. The second kappa shape index (κ2) is 9.64. The smallest absolute Gasteiger partial charge is 0.414 e. The molecule has 0 amide bonds. The van der Waals surface area contributed by atoms with Crippen molar-refractivity contribution in [2.45, 2.75) is 13.0 Å². The third-order valence-electron chi connectivity index (χ3n) is 3.51. The van der Waals surface area contributed by atoms with Crippen LogP contribution in [0.3, 0.4) is 0 Å². The molecular formula is C17H19N3O5S. The molecule has 0 radical (unpaired) electrons. The summed E-state index contributed by atoms with van der Waals surface area (Å²) in [5.41, 5.74) is 3.26. The molecule has 1 aromatic heterocycles. The predicted octanol–water partition coefficient (Wildman–Crippen LogP) is 1.99. The van der Waals surface area contributed by atoms with Gasteiger partial charge in [0, 0.05) is 13.1 Å². The Morgan fingerprint density at radius 2 is 1.88 bits per heavy atom. The Balaban J connectivity index is 0.000000352. The van der Waals surface area contributed by atoms with Gasteiger partial charge in [-0.2, -0.15) is 4.37 Å². The SMILES string of the molecule is CN1CCC=C(c2nsnc2OCc2ccccc2)C1.O=C(O)C(=O)O. The summed E-state index contributed by atoms with van der Waals surface area (Å²) in [5, 5.41) is 14.8. The number of likely N-dealkylation sites (N-methyl/N-ethyl adjacent to an activating group) is 1. The molecule has 0 aliphatic carbocycles. The van der Waals surface area contributed by atoms with Gasteiger partial charge in [0.2, 0.25) is 0 Å². The maximum atomic E-state index is 9.10. The molecule has 2 heterocycles. The van der Waals surface area contributed by atoms with Crippen LogP contribution >= 0.6 is 11.7 Å². The Kier molecular flexibility index (Phi) is 7.24. The van der Waals surface area contributed by atoms with E-state index in [-0.39, 0.29) is 0 Å². The van der Waals surface area contributed by atoms with Crippen molar-refractivity contribution in [2.24, 2.45) is 0 Å². The highest BCUT2D eigenvalue weighted by atomic mass is 32.1. The molecule has 8 nitrogen and oxygen atoms in total. The number of carboxylic acids is 2. The van der Waals surface area contributed by atoms with Crippen molar-refractivity contribution >= 4 is 29.2 Å². The van der Waals surface area contributed by atoms with Crippen LogP contribution in [-0.4, -0.2) is 55.9 Å². The van der Waals surface area contributed by atoms with Crippen molar-refractivity contribution in [3.8, 4) is 5.88 Å². The largest absolute Gasteiger partial charge is 0.473 e. The predicted molar refractivity (Wildman–Crippen MR) is 96.0 cm³/mol. The number of hydrogen-bond acceptors (Lipinski definition) is 7. The molecule has 2 aromatic rings. The fourth-order valence-corrected chi connectivity index (χ4v) is 2.79. The summed E-state index contributed by atoms with van der Waals surface area (Å²) in [4.78, 5) is 20.5. The number of nitrogens with zero attached hydrogens (tertiary/aromatic N) is 3. The van der Waals surface area contributed by atoms with Gasteiger partial charge in [-0.25, -0.2) is 9.59 Å². The average Bonchev–Trinajstić information content (AvgIpc) is 3.10. The van der Waals surface area contributed by atoms with E-state index in [1.54, 1.807) is 0 Å². The third kappa shape index (κ3) is 5.94. The molecule has 0 saturated heterocycles. The number of carbonyl (C=O) groups is 2. The standard InChI is InChI=1S/C15H17N3OS.C2H2O4/c1-18-9-5-8-13(10-18)14-15(17-20-16-14)19-11-12-6-3-2-4-7-12;3-1(4)2(5)6/h2-4,6-8H,5,9-11H2,1H3;(H,3,4)(H,5,6).